The first kappa shape index (κ1) is 33.9. The number of primary amides is 1. The molecule has 1 aromatic rings. The number of aliphatic hydroxyl groups is 2. The number of nitrogens with two attached hydrogens (primary N) is 1. The number of amides is 1. The molecule has 5 N–H and O–H groups in total. The van der Waals surface area contributed by atoms with Crippen molar-refractivity contribution in [2.24, 2.45) is 23.0 Å². The molecule has 1 aromatic carbocycles. The van der Waals surface area contributed by atoms with Gasteiger partial charge in [-0.2, -0.15) is 0 Å². The summed E-state index contributed by atoms with van der Waals surface area (Å²) < 4.78 is 14.6. The van der Waals surface area contributed by atoms with E-state index < -0.39 is 22.7 Å². The molecular formula is C41H51NO6. The molecule has 48 heavy (non-hydrogen) atoms. The number of benzene rings is 1. The lowest BCUT2D eigenvalue weighted by Gasteiger charge is -2.59. The van der Waals surface area contributed by atoms with Gasteiger partial charge in [-0.15, -0.1) is 0 Å². The molecule has 1 spiro atoms. The zero-order chi connectivity index (χ0) is 35.0. The number of carbonyl (C=O) groups is 1. The standard InChI is InChI=1S/C41H51NO6/c1-23(2)10-9-15-39(8)16-14-27-29(20-39)28(12-11-24(3)4)36-34(35(27)45)30(21-43)31-18-26-19-33-38(6,7)48-40(32(26)22-44,41(31,33)47-36)17-13-25(5)37(42)46/h10-11,13-14,16,18,21-22,26,33,43-45H,9,12,15,17,19-20H2,1-8H3,(H2,42,46)/b25-13-,30-21+,32-22+. The van der Waals surface area contributed by atoms with Gasteiger partial charge in [-0.05, 0) is 91.5 Å². The van der Waals surface area contributed by atoms with Crippen LogP contribution >= 0.6 is 0 Å². The SMILES string of the molecule is CC(C)=CCCC1(C)C=Cc2c(O)c3c(c(CC=C(C)C)c2C1)OC12C(=CC4CC1C(C)(C)OC2(C/C=C(/C)C(N)=O)/C4=C/O)/C3=C\O. The second-order valence-corrected chi connectivity index (χ2v) is 15.8. The van der Waals surface area contributed by atoms with Crippen LogP contribution in [0, 0.1) is 17.3 Å². The smallest absolute Gasteiger partial charge is 0.244 e. The maximum absolute atomic E-state index is 12.2. The largest absolute Gasteiger partial charge is 0.516 e. The number of hydrogen-bond acceptors (Lipinski definition) is 6. The van der Waals surface area contributed by atoms with Crippen LogP contribution in [0.4, 0.5) is 0 Å². The van der Waals surface area contributed by atoms with Crippen molar-refractivity contribution in [3.8, 4) is 11.5 Å². The number of hydrogen-bond donors (Lipinski definition) is 4. The maximum Gasteiger partial charge on any atom is 0.244 e. The average Bonchev–Trinajstić information content (AvgIpc) is 3.15. The molecular weight excluding hydrogens is 602 g/mol. The van der Waals surface area contributed by atoms with E-state index in [2.05, 4.69) is 58.9 Å². The van der Waals surface area contributed by atoms with Crippen LogP contribution in [0.15, 0.2) is 70.8 Å². The summed E-state index contributed by atoms with van der Waals surface area (Å²) in [5, 5.41) is 34.1. The first-order valence-corrected chi connectivity index (χ1v) is 17.2. The third kappa shape index (κ3) is 4.83. The molecule has 256 valence electrons. The van der Waals surface area contributed by atoms with Crippen molar-refractivity contribution in [3.63, 3.8) is 0 Å². The summed E-state index contributed by atoms with van der Waals surface area (Å²) in [5.74, 6) is -0.284. The predicted molar refractivity (Wildman–Crippen MR) is 191 cm³/mol. The van der Waals surface area contributed by atoms with E-state index >= 15 is 0 Å². The molecule has 0 aromatic heterocycles. The Bertz CT molecular complexity index is 1790. The van der Waals surface area contributed by atoms with Gasteiger partial charge in [0.2, 0.25) is 5.91 Å². The van der Waals surface area contributed by atoms with E-state index in [4.69, 9.17) is 15.2 Å². The Hall–Kier alpha value is -3.97. The summed E-state index contributed by atoms with van der Waals surface area (Å²) in [6.07, 6.45) is 18.9. The lowest BCUT2D eigenvalue weighted by molar-refractivity contribution is -0.115. The van der Waals surface area contributed by atoms with Crippen LogP contribution in [0.25, 0.3) is 11.6 Å². The Balaban J connectivity index is 1.64. The summed E-state index contributed by atoms with van der Waals surface area (Å²) in [4.78, 5) is 12.2. The predicted octanol–water partition coefficient (Wildman–Crippen LogP) is 8.64. The van der Waals surface area contributed by atoms with Gasteiger partial charge < -0.3 is 30.5 Å². The van der Waals surface area contributed by atoms with Crippen molar-refractivity contribution in [1.82, 2.24) is 0 Å². The second-order valence-electron chi connectivity index (χ2n) is 15.8. The Labute approximate surface area is 284 Å². The van der Waals surface area contributed by atoms with Gasteiger partial charge in [-0.1, -0.05) is 54.5 Å². The molecule has 1 saturated heterocycles. The van der Waals surface area contributed by atoms with Gasteiger partial charge in [0.25, 0.3) is 0 Å². The minimum atomic E-state index is -1.20. The number of aromatic hydroxyl groups is 1. The molecule has 7 heteroatoms. The Kier molecular flexibility index (Phi) is 8.18. The minimum absolute atomic E-state index is 0.0880. The van der Waals surface area contributed by atoms with Gasteiger partial charge in [0, 0.05) is 51.7 Å². The van der Waals surface area contributed by atoms with Crippen molar-refractivity contribution in [2.45, 2.75) is 111 Å². The quantitative estimate of drug-likeness (QED) is 0.127. The highest BCUT2D eigenvalue weighted by Gasteiger charge is 2.79. The molecule has 4 bridgehead atoms. The number of rotatable bonds is 8. The fourth-order valence-electron chi connectivity index (χ4n) is 9.21. The number of phenolic OH excluding ortho intramolecular Hbond substituents is 1. The maximum atomic E-state index is 12.2. The summed E-state index contributed by atoms with van der Waals surface area (Å²) in [6, 6.07) is 0. The highest BCUT2D eigenvalue weighted by atomic mass is 16.6. The molecule has 5 atom stereocenters. The normalized spacial score (nSPS) is 32.2. The summed E-state index contributed by atoms with van der Waals surface area (Å²) in [7, 11) is 0. The third-order valence-corrected chi connectivity index (χ3v) is 11.6. The third-order valence-electron chi connectivity index (χ3n) is 11.6. The Morgan fingerprint density at radius 3 is 2.38 bits per heavy atom. The van der Waals surface area contributed by atoms with Gasteiger partial charge in [0.1, 0.15) is 17.1 Å². The summed E-state index contributed by atoms with van der Waals surface area (Å²) >= 11 is 0. The van der Waals surface area contributed by atoms with E-state index in [0.29, 0.717) is 40.9 Å². The van der Waals surface area contributed by atoms with Crippen molar-refractivity contribution in [3.05, 3.63) is 93.0 Å². The van der Waals surface area contributed by atoms with Crippen molar-refractivity contribution >= 4 is 17.6 Å². The first-order valence-electron chi connectivity index (χ1n) is 17.2. The van der Waals surface area contributed by atoms with E-state index in [9.17, 15) is 20.1 Å². The second kappa shape index (κ2) is 11.6. The first-order chi connectivity index (χ1) is 22.6. The molecule has 4 aliphatic carbocycles. The lowest BCUT2D eigenvalue weighted by atomic mass is 9.49. The van der Waals surface area contributed by atoms with E-state index in [0.717, 1.165) is 59.6 Å². The molecule has 2 aliphatic heterocycles. The Morgan fingerprint density at radius 1 is 1.04 bits per heavy atom. The van der Waals surface area contributed by atoms with Crippen LogP contribution in [0.5, 0.6) is 11.5 Å². The zero-order valence-corrected chi connectivity index (χ0v) is 29.7. The number of allylic oxidation sites excluding steroid dienone is 6. The summed E-state index contributed by atoms with van der Waals surface area (Å²) in [6.45, 7) is 16.4. The molecule has 7 rings (SSSR count). The van der Waals surface area contributed by atoms with Crippen LogP contribution in [-0.2, 0) is 22.4 Å². The molecule has 1 amide bonds. The van der Waals surface area contributed by atoms with Crippen LogP contribution in [-0.4, -0.2) is 38.0 Å². The number of fused-ring (bicyclic) bond motifs is 2. The summed E-state index contributed by atoms with van der Waals surface area (Å²) in [5.41, 5.74) is 10.4. The highest BCUT2D eigenvalue weighted by Crippen LogP contribution is 2.73. The van der Waals surface area contributed by atoms with Gasteiger partial charge in [0.15, 0.2) is 5.60 Å². The van der Waals surface area contributed by atoms with Crippen LogP contribution in [0.2, 0.25) is 0 Å². The average molecular weight is 654 g/mol. The topological polar surface area (TPSA) is 122 Å². The van der Waals surface area contributed by atoms with Crippen molar-refractivity contribution in [1.29, 1.82) is 0 Å². The van der Waals surface area contributed by atoms with Gasteiger partial charge in [-0.25, -0.2) is 0 Å². The van der Waals surface area contributed by atoms with Crippen LogP contribution in [0.3, 0.4) is 0 Å². The van der Waals surface area contributed by atoms with Gasteiger partial charge >= 0.3 is 0 Å². The lowest BCUT2D eigenvalue weighted by Crippen LogP contribution is -2.67. The van der Waals surface area contributed by atoms with Gasteiger partial charge in [0.05, 0.1) is 23.7 Å². The number of carbonyl (C=O) groups excluding carboxylic acids is 1. The van der Waals surface area contributed by atoms with E-state index in [-0.39, 0.29) is 29.4 Å². The monoisotopic (exact) mass is 653 g/mol. The molecule has 2 fully saturated rings. The van der Waals surface area contributed by atoms with Crippen LogP contribution < -0.4 is 10.5 Å². The number of phenols is 1. The fourth-order valence-corrected chi connectivity index (χ4v) is 9.21. The van der Waals surface area contributed by atoms with E-state index in [1.54, 1.807) is 13.0 Å². The molecule has 0 radical (unpaired) electrons. The van der Waals surface area contributed by atoms with E-state index in [1.165, 1.54) is 5.57 Å². The number of ether oxygens (including phenoxy) is 2. The van der Waals surface area contributed by atoms with Crippen LogP contribution in [0.1, 0.15) is 103 Å². The Morgan fingerprint density at radius 2 is 1.75 bits per heavy atom. The molecule has 1 saturated carbocycles. The van der Waals surface area contributed by atoms with Crippen molar-refractivity contribution < 1.29 is 29.6 Å². The molecule has 2 heterocycles. The zero-order valence-electron chi connectivity index (χ0n) is 29.7. The molecule has 5 unspecified atom stereocenters. The minimum Gasteiger partial charge on any atom is -0.516 e. The number of aliphatic hydroxyl groups excluding tert-OH is 2. The van der Waals surface area contributed by atoms with Crippen molar-refractivity contribution in [2.75, 3.05) is 0 Å². The highest BCUT2D eigenvalue weighted by molar-refractivity contribution is 5.94. The van der Waals surface area contributed by atoms with Gasteiger partial charge in [-0.3, -0.25) is 4.79 Å². The molecule has 7 nitrogen and oxygen atoms in total. The molecule has 6 aliphatic rings. The van der Waals surface area contributed by atoms with E-state index in [1.807, 2.05) is 19.9 Å². The fraction of sp³-hybridized carbons (Fsp3) is 0.488.